The zero-order valence-electron chi connectivity index (χ0n) is 19.7. The molecule has 184 valence electrons. The van der Waals surface area contributed by atoms with Crippen molar-refractivity contribution in [1.29, 1.82) is 0 Å². The van der Waals surface area contributed by atoms with Gasteiger partial charge in [0.05, 0.1) is 20.1 Å². The van der Waals surface area contributed by atoms with Crippen LogP contribution in [0.15, 0.2) is 42.5 Å². The van der Waals surface area contributed by atoms with Crippen LogP contribution in [0.1, 0.15) is 18.4 Å². The van der Waals surface area contributed by atoms with Crippen LogP contribution in [-0.4, -0.2) is 74.3 Å². The standard InChI is InChI=1S/C25H26FN3O6/c1-27(2)22(31)15-29-21(30)14-25(24(29)33)19-13-16(26)5-10-20(19)28(23(25)32)11-4-12-35-18-8-6-17(34-3)7-9-18/h5-10,13H,4,11-12,14-15H2,1-3H3. The van der Waals surface area contributed by atoms with Crippen molar-refractivity contribution in [2.45, 2.75) is 18.3 Å². The summed E-state index contributed by atoms with van der Waals surface area (Å²) in [4.78, 5) is 55.4. The Bertz CT molecular complexity index is 1180. The number of methoxy groups -OCH3 is 1. The second-order valence-electron chi connectivity index (χ2n) is 8.65. The number of amides is 4. The number of carbonyl (C=O) groups excluding carboxylic acids is 4. The fourth-order valence-corrected chi connectivity index (χ4v) is 4.40. The molecular formula is C25H26FN3O6. The first kappa shape index (κ1) is 24.2. The first-order chi connectivity index (χ1) is 16.7. The molecule has 2 aromatic carbocycles. The summed E-state index contributed by atoms with van der Waals surface area (Å²) in [7, 11) is 4.58. The highest BCUT2D eigenvalue weighted by molar-refractivity contribution is 6.29. The molecule has 1 fully saturated rings. The van der Waals surface area contributed by atoms with Gasteiger partial charge in [0.2, 0.25) is 17.7 Å². The van der Waals surface area contributed by atoms with Gasteiger partial charge in [-0.2, -0.15) is 0 Å². The number of benzene rings is 2. The first-order valence-electron chi connectivity index (χ1n) is 11.1. The summed E-state index contributed by atoms with van der Waals surface area (Å²) in [5, 5.41) is 0. The van der Waals surface area contributed by atoms with E-state index in [1.165, 1.54) is 36.0 Å². The van der Waals surface area contributed by atoms with E-state index >= 15 is 0 Å². The molecule has 35 heavy (non-hydrogen) atoms. The molecule has 1 spiro atoms. The largest absolute Gasteiger partial charge is 0.497 e. The van der Waals surface area contributed by atoms with Crippen LogP contribution in [0.4, 0.5) is 10.1 Å². The van der Waals surface area contributed by atoms with E-state index in [4.69, 9.17) is 9.47 Å². The molecule has 0 aliphatic carbocycles. The third-order valence-corrected chi connectivity index (χ3v) is 6.29. The average Bonchev–Trinajstić information content (AvgIpc) is 3.22. The molecule has 2 aromatic rings. The van der Waals surface area contributed by atoms with E-state index < -0.39 is 47.8 Å². The maximum absolute atomic E-state index is 14.2. The lowest BCUT2D eigenvalue weighted by Gasteiger charge is -2.23. The van der Waals surface area contributed by atoms with E-state index in [0.717, 1.165) is 11.0 Å². The molecule has 0 aromatic heterocycles. The molecule has 0 saturated carbocycles. The summed E-state index contributed by atoms with van der Waals surface area (Å²) in [5.74, 6) is -1.78. The van der Waals surface area contributed by atoms with Crippen LogP contribution in [0.5, 0.6) is 11.5 Å². The first-order valence-corrected chi connectivity index (χ1v) is 11.1. The second-order valence-corrected chi connectivity index (χ2v) is 8.65. The van der Waals surface area contributed by atoms with Crippen molar-refractivity contribution in [2.75, 3.05) is 45.8 Å². The van der Waals surface area contributed by atoms with Crippen molar-refractivity contribution in [3.8, 4) is 11.5 Å². The van der Waals surface area contributed by atoms with E-state index in [1.54, 1.807) is 31.4 Å². The van der Waals surface area contributed by atoms with Crippen molar-refractivity contribution < 1.29 is 33.0 Å². The number of fused-ring (bicyclic) bond motifs is 2. The third kappa shape index (κ3) is 4.20. The molecule has 10 heteroatoms. The monoisotopic (exact) mass is 483 g/mol. The van der Waals surface area contributed by atoms with E-state index in [1.807, 2.05) is 0 Å². The molecule has 1 saturated heterocycles. The molecule has 0 bridgehead atoms. The topological polar surface area (TPSA) is 96.5 Å². The Kier molecular flexibility index (Phi) is 6.47. The lowest BCUT2D eigenvalue weighted by atomic mass is 9.80. The number of likely N-dealkylation sites (N-methyl/N-ethyl adjacent to an activating group) is 1. The zero-order chi connectivity index (χ0) is 25.3. The highest BCUT2D eigenvalue weighted by Crippen LogP contribution is 2.48. The maximum atomic E-state index is 14.2. The predicted octanol–water partition coefficient (Wildman–Crippen LogP) is 1.73. The Morgan fingerprint density at radius 2 is 1.69 bits per heavy atom. The fraction of sp³-hybridized carbons (Fsp3) is 0.360. The van der Waals surface area contributed by atoms with Gasteiger partial charge < -0.3 is 19.3 Å². The predicted molar refractivity (Wildman–Crippen MR) is 124 cm³/mol. The Hall–Kier alpha value is -3.95. The van der Waals surface area contributed by atoms with E-state index in [0.29, 0.717) is 23.6 Å². The molecule has 1 atom stereocenters. The van der Waals surface area contributed by atoms with Crippen molar-refractivity contribution in [3.63, 3.8) is 0 Å². The minimum Gasteiger partial charge on any atom is -0.497 e. The van der Waals surface area contributed by atoms with E-state index in [9.17, 15) is 23.6 Å². The van der Waals surface area contributed by atoms with E-state index in [-0.39, 0.29) is 18.7 Å². The Labute approximate surface area is 202 Å². The Morgan fingerprint density at radius 1 is 1.03 bits per heavy atom. The van der Waals surface area contributed by atoms with Gasteiger partial charge in [-0.05, 0) is 48.9 Å². The molecule has 2 aliphatic rings. The van der Waals surface area contributed by atoms with Crippen LogP contribution in [0.3, 0.4) is 0 Å². The van der Waals surface area contributed by atoms with Gasteiger partial charge in [-0.1, -0.05) is 0 Å². The average molecular weight is 483 g/mol. The van der Waals surface area contributed by atoms with Crippen LogP contribution in [0, 0.1) is 5.82 Å². The van der Waals surface area contributed by atoms with Crippen LogP contribution in [0.2, 0.25) is 0 Å². The summed E-state index contributed by atoms with van der Waals surface area (Å²) >= 11 is 0. The fourth-order valence-electron chi connectivity index (χ4n) is 4.40. The Morgan fingerprint density at radius 3 is 2.34 bits per heavy atom. The third-order valence-electron chi connectivity index (χ3n) is 6.29. The van der Waals surface area contributed by atoms with E-state index in [2.05, 4.69) is 0 Å². The summed E-state index contributed by atoms with van der Waals surface area (Å²) < 4.78 is 25.0. The molecule has 2 heterocycles. The molecular weight excluding hydrogens is 457 g/mol. The summed E-state index contributed by atoms with van der Waals surface area (Å²) in [6, 6.07) is 10.8. The minimum atomic E-state index is -1.86. The van der Waals surface area contributed by atoms with Crippen LogP contribution < -0.4 is 14.4 Å². The normalized spacial score (nSPS) is 18.9. The molecule has 9 nitrogen and oxygen atoms in total. The highest BCUT2D eigenvalue weighted by atomic mass is 19.1. The van der Waals surface area contributed by atoms with Gasteiger partial charge in [-0.3, -0.25) is 24.1 Å². The van der Waals surface area contributed by atoms with Gasteiger partial charge in [-0.15, -0.1) is 0 Å². The van der Waals surface area contributed by atoms with Crippen molar-refractivity contribution >= 4 is 29.3 Å². The number of halogens is 1. The lowest BCUT2D eigenvalue weighted by molar-refractivity contribution is -0.146. The number of rotatable bonds is 8. The van der Waals surface area contributed by atoms with Crippen molar-refractivity contribution in [2.24, 2.45) is 0 Å². The maximum Gasteiger partial charge on any atom is 0.250 e. The quantitative estimate of drug-likeness (QED) is 0.322. The van der Waals surface area contributed by atoms with Gasteiger partial charge in [-0.25, -0.2) is 4.39 Å². The number of anilines is 1. The van der Waals surface area contributed by atoms with Gasteiger partial charge in [0.1, 0.15) is 23.9 Å². The van der Waals surface area contributed by atoms with Crippen LogP contribution in [0.25, 0.3) is 0 Å². The molecule has 4 rings (SSSR count). The smallest absolute Gasteiger partial charge is 0.250 e. The molecule has 0 N–H and O–H groups in total. The van der Waals surface area contributed by atoms with Crippen molar-refractivity contribution in [1.82, 2.24) is 9.80 Å². The molecule has 2 aliphatic heterocycles. The van der Waals surface area contributed by atoms with Crippen LogP contribution >= 0.6 is 0 Å². The number of nitrogens with zero attached hydrogens (tertiary/aromatic N) is 3. The number of hydrogen-bond donors (Lipinski definition) is 0. The minimum absolute atomic E-state index is 0.150. The summed E-state index contributed by atoms with van der Waals surface area (Å²) in [6.07, 6.45) is -0.0176. The number of hydrogen-bond acceptors (Lipinski definition) is 6. The number of likely N-dealkylation sites (tertiary alicyclic amines) is 1. The van der Waals surface area contributed by atoms with Gasteiger partial charge in [0, 0.05) is 31.9 Å². The Balaban J connectivity index is 1.53. The van der Waals surface area contributed by atoms with Crippen molar-refractivity contribution in [3.05, 3.63) is 53.8 Å². The number of ether oxygens (including phenoxy) is 2. The zero-order valence-corrected chi connectivity index (χ0v) is 19.7. The SMILES string of the molecule is COc1ccc(OCCCN2C(=O)C3(CC(=O)N(CC(=O)N(C)C)C3=O)c3cc(F)ccc32)cc1. The number of carbonyl (C=O) groups is 4. The highest BCUT2D eigenvalue weighted by Gasteiger charge is 2.63. The van der Waals surface area contributed by atoms with Crippen LogP contribution in [-0.2, 0) is 24.6 Å². The second kappa shape index (κ2) is 9.36. The molecule has 0 radical (unpaired) electrons. The molecule has 1 unspecified atom stereocenters. The lowest BCUT2D eigenvalue weighted by Crippen LogP contribution is -2.48. The van der Waals surface area contributed by atoms with Gasteiger partial charge in [0.15, 0.2) is 5.41 Å². The van der Waals surface area contributed by atoms with Gasteiger partial charge >= 0.3 is 0 Å². The summed E-state index contributed by atoms with van der Waals surface area (Å²) in [6.45, 7) is 0.0174. The summed E-state index contributed by atoms with van der Waals surface area (Å²) in [5.41, 5.74) is -1.34. The number of imide groups is 1. The van der Waals surface area contributed by atoms with Gasteiger partial charge in [0.25, 0.3) is 5.91 Å². The molecule has 4 amide bonds.